The lowest BCUT2D eigenvalue weighted by Crippen LogP contribution is -2.10. The first-order chi connectivity index (χ1) is 13.3. The molecule has 0 bridgehead atoms. The van der Waals surface area contributed by atoms with Gasteiger partial charge < -0.3 is 0 Å². The van der Waals surface area contributed by atoms with E-state index in [0.717, 1.165) is 5.56 Å². The zero-order valence-electron chi connectivity index (χ0n) is 14.7. The molecule has 0 amide bonds. The molecule has 28 heavy (non-hydrogen) atoms. The van der Waals surface area contributed by atoms with E-state index in [4.69, 9.17) is 0 Å². The highest BCUT2D eigenvalue weighted by Gasteiger charge is 2.26. The number of pyridine rings is 1. The third kappa shape index (κ3) is 3.65. The molecule has 0 unspecified atom stereocenters. The van der Waals surface area contributed by atoms with Gasteiger partial charge in [-0.1, -0.05) is 23.8 Å². The molecular weight excluding hydrogens is 377 g/mol. The second kappa shape index (κ2) is 7.88. The molecule has 0 aliphatic heterocycles. The van der Waals surface area contributed by atoms with Crippen LogP contribution in [0, 0.1) is 36.0 Å². The van der Waals surface area contributed by atoms with Crippen molar-refractivity contribution in [2.24, 2.45) is 0 Å². The second-order valence-electron chi connectivity index (χ2n) is 6.24. The van der Waals surface area contributed by atoms with Crippen molar-refractivity contribution >= 4 is 5.78 Å². The van der Waals surface area contributed by atoms with Gasteiger partial charge in [0.05, 0.1) is 5.69 Å². The van der Waals surface area contributed by atoms with Crippen LogP contribution in [0.1, 0.15) is 27.9 Å². The van der Waals surface area contributed by atoms with Crippen LogP contribution in [0.4, 0.5) is 22.0 Å². The van der Waals surface area contributed by atoms with Crippen LogP contribution in [0.5, 0.6) is 0 Å². The van der Waals surface area contributed by atoms with E-state index in [2.05, 4.69) is 4.98 Å². The average Bonchev–Trinajstić information content (AvgIpc) is 2.71. The summed E-state index contributed by atoms with van der Waals surface area (Å²) in [6, 6.07) is 10.2. The smallest absolute Gasteiger partial charge is 0.200 e. The van der Waals surface area contributed by atoms with Crippen LogP contribution in [-0.4, -0.2) is 10.8 Å². The first-order valence-corrected chi connectivity index (χ1v) is 8.36. The number of aryl methyl sites for hydroxylation is 1. The molecular formula is C21H14F5NO. The van der Waals surface area contributed by atoms with Crippen molar-refractivity contribution in [3.8, 4) is 11.3 Å². The molecule has 2 aromatic carbocycles. The number of nitrogens with zero attached hydrogens (tertiary/aromatic N) is 1. The Balaban J connectivity index is 1.93. The number of rotatable bonds is 5. The van der Waals surface area contributed by atoms with E-state index in [-0.39, 0.29) is 5.56 Å². The standard InChI is InChI=1S/C21H14F5NO/c1-11-5-6-12(15-4-2-3-9-27-15)14(10-11)16(28)8-7-13-17(22)19(24)21(26)20(25)18(13)23/h2-6,9-10H,7-8H2,1H3. The Hall–Kier alpha value is -3.09. The van der Waals surface area contributed by atoms with Crippen LogP contribution in [0.25, 0.3) is 11.3 Å². The Morgan fingerprint density at radius 1 is 0.893 bits per heavy atom. The van der Waals surface area contributed by atoms with Crippen LogP contribution in [0.2, 0.25) is 0 Å². The Kier molecular flexibility index (Phi) is 5.53. The molecule has 0 fully saturated rings. The zero-order valence-corrected chi connectivity index (χ0v) is 14.7. The van der Waals surface area contributed by atoms with E-state index in [1.165, 1.54) is 0 Å². The van der Waals surface area contributed by atoms with Crippen LogP contribution >= 0.6 is 0 Å². The number of carbonyl (C=O) groups excluding carboxylic acids is 1. The molecule has 0 saturated carbocycles. The fourth-order valence-electron chi connectivity index (χ4n) is 2.88. The van der Waals surface area contributed by atoms with Crippen molar-refractivity contribution in [1.82, 2.24) is 4.98 Å². The van der Waals surface area contributed by atoms with Gasteiger partial charge in [0.2, 0.25) is 5.82 Å². The van der Waals surface area contributed by atoms with Crippen molar-refractivity contribution in [2.45, 2.75) is 19.8 Å². The molecule has 0 spiro atoms. The van der Waals surface area contributed by atoms with Gasteiger partial charge in [-0.25, -0.2) is 22.0 Å². The van der Waals surface area contributed by atoms with Gasteiger partial charge in [0, 0.05) is 29.3 Å². The molecule has 1 aromatic heterocycles. The largest absolute Gasteiger partial charge is 0.294 e. The van der Waals surface area contributed by atoms with Crippen molar-refractivity contribution in [2.75, 3.05) is 0 Å². The van der Waals surface area contributed by atoms with Gasteiger partial charge in [-0.3, -0.25) is 9.78 Å². The van der Waals surface area contributed by atoms with Crippen molar-refractivity contribution in [3.63, 3.8) is 0 Å². The van der Waals surface area contributed by atoms with E-state index in [0.29, 0.717) is 11.3 Å². The van der Waals surface area contributed by atoms with Crippen molar-refractivity contribution in [1.29, 1.82) is 0 Å². The fraction of sp³-hybridized carbons (Fsp3) is 0.143. The summed E-state index contributed by atoms with van der Waals surface area (Å²) >= 11 is 0. The second-order valence-corrected chi connectivity index (χ2v) is 6.24. The molecule has 0 saturated heterocycles. The van der Waals surface area contributed by atoms with E-state index in [1.807, 2.05) is 0 Å². The maximum absolute atomic E-state index is 13.8. The third-order valence-corrected chi connectivity index (χ3v) is 4.32. The molecule has 0 atom stereocenters. The quantitative estimate of drug-likeness (QED) is 0.246. The highest BCUT2D eigenvalue weighted by Crippen LogP contribution is 2.27. The zero-order chi connectivity index (χ0) is 20.4. The van der Waals surface area contributed by atoms with Crippen LogP contribution in [0.3, 0.4) is 0 Å². The predicted octanol–water partition coefficient (Wildman–Crippen LogP) is 5.57. The van der Waals surface area contributed by atoms with E-state index in [1.54, 1.807) is 49.5 Å². The summed E-state index contributed by atoms with van der Waals surface area (Å²) < 4.78 is 67.5. The summed E-state index contributed by atoms with van der Waals surface area (Å²) in [6.45, 7) is 1.77. The van der Waals surface area contributed by atoms with Crippen molar-refractivity contribution in [3.05, 3.63) is 88.4 Å². The van der Waals surface area contributed by atoms with E-state index in [9.17, 15) is 26.7 Å². The van der Waals surface area contributed by atoms with Gasteiger partial charge in [-0.2, -0.15) is 0 Å². The number of hydrogen-bond acceptors (Lipinski definition) is 2. The lowest BCUT2D eigenvalue weighted by atomic mass is 9.94. The molecule has 144 valence electrons. The van der Waals surface area contributed by atoms with Gasteiger partial charge in [-0.05, 0) is 31.5 Å². The minimum atomic E-state index is -2.22. The summed E-state index contributed by atoms with van der Waals surface area (Å²) in [7, 11) is 0. The Morgan fingerprint density at radius 3 is 2.14 bits per heavy atom. The number of hydrogen-bond donors (Lipinski definition) is 0. The highest BCUT2D eigenvalue weighted by atomic mass is 19.2. The highest BCUT2D eigenvalue weighted by molar-refractivity contribution is 6.02. The number of aromatic nitrogens is 1. The number of ketones is 1. The van der Waals surface area contributed by atoms with Gasteiger partial charge in [0.15, 0.2) is 29.1 Å². The third-order valence-electron chi connectivity index (χ3n) is 4.32. The number of carbonyl (C=O) groups is 1. The van der Waals surface area contributed by atoms with Gasteiger partial charge in [0.1, 0.15) is 0 Å². The molecule has 0 radical (unpaired) electrons. The van der Waals surface area contributed by atoms with Crippen LogP contribution < -0.4 is 0 Å². The van der Waals surface area contributed by atoms with E-state index < -0.39 is 53.3 Å². The van der Waals surface area contributed by atoms with Gasteiger partial charge in [0.25, 0.3) is 0 Å². The van der Waals surface area contributed by atoms with E-state index >= 15 is 0 Å². The topological polar surface area (TPSA) is 30.0 Å². The summed E-state index contributed by atoms with van der Waals surface area (Å²) in [6.07, 6.45) is 0.500. The van der Waals surface area contributed by atoms with Gasteiger partial charge in [-0.15, -0.1) is 0 Å². The maximum atomic E-state index is 13.8. The lowest BCUT2D eigenvalue weighted by Gasteiger charge is -2.11. The molecule has 2 nitrogen and oxygen atoms in total. The molecule has 3 aromatic rings. The van der Waals surface area contributed by atoms with Crippen LogP contribution in [0.15, 0.2) is 42.6 Å². The first kappa shape index (κ1) is 19.7. The minimum Gasteiger partial charge on any atom is -0.294 e. The molecule has 0 aliphatic carbocycles. The average molecular weight is 391 g/mol. The summed E-state index contributed by atoms with van der Waals surface area (Å²) in [5, 5.41) is 0. The fourth-order valence-corrected chi connectivity index (χ4v) is 2.88. The first-order valence-electron chi connectivity index (χ1n) is 8.36. The monoisotopic (exact) mass is 391 g/mol. The summed E-state index contributed by atoms with van der Waals surface area (Å²) in [4.78, 5) is 16.9. The number of benzene rings is 2. The Labute approximate surface area is 157 Å². The molecule has 7 heteroatoms. The van der Waals surface area contributed by atoms with Gasteiger partial charge >= 0.3 is 0 Å². The minimum absolute atomic E-state index is 0.266. The Bertz CT molecular complexity index is 1020. The molecule has 1 heterocycles. The SMILES string of the molecule is Cc1ccc(-c2ccccn2)c(C(=O)CCc2c(F)c(F)c(F)c(F)c2F)c1. The summed E-state index contributed by atoms with van der Waals surface area (Å²) in [5.74, 6) is -10.6. The van der Waals surface area contributed by atoms with Crippen LogP contribution in [-0.2, 0) is 6.42 Å². The van der Waals surface area contributed by atoms with Crippen molar-refractivity contribution < 1.29 is 26.7 Å². The molecule has 3 rings (SSSR count). The predicted molar refractivity (Wildman–Crippen MR) is 93.3 cm³/mol. The Morgan fingerprint density at radius 2 is 1.54 bits per heavy atom. The number of Topliss-reactive ketones (excluding diaryl/α,β-unsaturated/α-hetero) is 1. The molecule has 0 aliphatic rings. The lowest BCUT2D eigenvalue weighted by molar-refractivity contribution is 0.0982. The number of halogens is 5. The molecule has 0 N–H and O–H groups in total. The summed E-state index contributed by atoms with van der Waals surface area (Å²) in [5.41, 5.74) is 1.09. The maximum Gasteiger partial charge on any atom is 0.200 e. The normalized spacial score (nSPS) is 10.9.